The average Bonchev–Trinajstić information content (AvgIpc) is 3.53. The van der Waals surface area contributed by atoms with Crippen LogP contribution in [0.1, 0.15) is 49.2 Å². The summed E-state index contributed by atoms with van der Waals surface area (Å²) in [6, 6.07) is 15.1. The van der Waals surface area contributed by atoms with Gasteiger partial charge in [-0.25, -0.2) is 9.07 Å². The van der Waals surface area contributed by atoms with Crippen molar-refractivity contribution in [3.63, 3.8) is 0 Å². The zero-order valence-electron chi connectivity index (χ0n) is 18.4. The van der Waals surface area contributed by atoms with Crippen LogP contribution in [0.3, 0.4) is 0 Å². The molecule has 0 amide bonds. The molecule has 2 aliphatic rings. The third-order valence-corrected chi connectivity index (χ3v) is 6.74. The molecule has 8 heteroatoms. The van der Waals surface area contributed by atoms with Crippen LogP contribution in [0.25, 0.3) is 0 Å². The van der Waals surface area contributed by atoms with Gasteiger partial charge in [0.1, 0.15) is 17.6 Å². The Morgan fingerprint density at radius 3 is 2.44 bits per heavy atom. The van der Waals surface area contributed by atoms with Gasteiger partial charge in [-0.2, -0.15) is 0 Å². The molecule has 7 nitrogen and oxygen atoms in total. The van der Waals surface area contributed by atoms with E-state index in [1.165, 1.54) is 18.9 Å². The van der Waals surface area contributed by atoms with Crippen molar-refractivity contribution in [3.05, 3.63) is 65.7 Å². The van der Waals surface area contributed by atoms with Crippen LogP contribution >= 0.6 is 0 Å². The minimum atomic E-state index is -0.313. The molecule has 0 bridgehead atoms. The number of methoxy groups -OCH3 is 1. The second kappa shape index (κ2) is 9.24. The Labute approximate surface area is 187 Å². The second-order valence-electron chi connectivity index (χ2n) is 8.54. The molecule has 1 atom stereocenters. The Hall–Kier alpha value is -3.00. The maximum atomic E-state index is 15.0. The highest BCUT2D eigenvalue weighted by molar-refractivity contribution is 5.58. The van der Waals surface area contributed by atoms with E-state index in [9.17, 15) is 0 Å². The first-order chi connectivity index (χ1) is 15.8. The van der Waals surface area contributed by atoms with Gasteiger partial charge in [0.05, 0.1) is 18.8 Å². The van der Waals surface area contributed by atoms with Gasteiger partial charge in [-0.05, 0) is 41.5 Å². The predicted octanol–water partition coefficient (Wildman–Crippen LogP) is 3.85. The zero-order chi connectivity index (χ0) is 21.9. The molecular formula is C24H29FN6O. The molecule has 1 aliphatic carbocycles. The Bertz CT molecular complexity index is 1040. The first kappa shape index (κ1) is 20.9. The molecule has 1 saturated carbocycles. The second-order valence-corrected chi connectivity index (χ2v) is 8.54. The lowest BCUT2D eigenvalue weighted by atomic mass is 10.0. The van der Waals surface area contributed by atoms with E-state index in [4.69, 9.17) is 4.74 Å². The van der Waals surface area contributed by atoms with Crippen molar-refractivity contribution < 1.29 is 9.13 Å². The molecular weight excluding hydrogens is 407 g/mol. The van der Waals surface area contributed by atoms with Crippen LogP contribution in [0.4, 0.5) is 10.1 Å². The number of tetrazole rings is 1. The molecule has 2 aromatic carbocycles. The third kappa shape index (κ3) is 3.95. The van der Waals surface area contributed by atoms with E-state index in [-0.39, 0.29) is 11.9 Å². The quantitative estimate of drug-likeness (QED) is 0.585. The number of aromatic nitrogens is 4. The zero-order valence-corrected chi connectivity index (χ0v) is 18.4. The smallest absolute Gasteiger partial charge is 0.173 e. The van der Waals surface area contributed by atoms with Crippen molar-refractivity contribution in [1.29, 1.82) is 0 Å². The maximum Gasteiger partial charge on any atom is 0.173 e. The summed E-state index contributed by atoms with van der Waals surface area (Å²) in [6.07, 6.45) is 4.52. The normalized spacial score (nSPS) is 18.8. The van der Waals surface area contributed by atoms with Crippen molar-refractivity contribution in [2.75, 3.05) is 38.2 Å². The lowest BCUT2D eigenvalue weighted by Crippen LogP contribution is -2.48. The van der Waals surface area contributed by atoms with Gasteiger partial charge in [0.2, 0.25) is 0 Å². The van der Waals surface area contributed by atoms with E-state index in [0.29, 0.717) is 11.6 Å². The molecule has 168 valence electrons. The maximum absolute atomic E-state index is 15.0. The third-order valence-electron chi connectivity index (χ3n) is 6.74. The number of anilines is 1. The number of rotatable bonds is 6. The fourth-order valence-electron chi connectivity index (χ4n) is 5.10. The van der Waals surface area contributed by atoms with Crippen molar-refractivity contribution >= 4 is 5.69 Å². The highest BCUT2D eigenvalue weighted by Crippen LogP contribution is 2.36. The van der Waals surface area contributed by atoms with Crippen LogP contribution < -0.4 is 9.64 Å². The predicted molar refractivity (Wildman–Crippen MR) is 120 cm³/mol. The summed E-state index contributed by atoms with van der Waals surface area (Å²) in [5.41, 5.74) is 1.72. The van der Waals surface area contributed by atoms with Crippen molar-refractivity contribution in [3.8, 4) is 5.75 Å². The molecule has 2 heterocycles. The molecule has 1 unspecified atom stereocenters. The topological polar surface area (TPSA) is 59.3 Å². The summed E-state index contributed by atoms with van der Waals surface area (Å²) in [7, 11) is 1.70. The fourth-order valence-corrected chi connectivity index (χ4v) is 5.10. The average molecular weight is 437 g/mol. The van der Waals surface area contributed by atoms with Crippen molar-refractivity contribution in [2.24, 2.45) is 0 Å². The molecule has 2 fully saturated rings. The Kier molecular flexibility index (Phi) is 6.03. The first-order valence-electron chi connectivity index (χ1n) is 11.4. The minimum absolute atomic E-state index is 0.217. The minimum Gasteiger partial charge on any atom is -0.495 e. The number of benzene rings is 2. The number of hydrogen-bond donors (Lipinski definition) is 0. The molecule has 1 aliphatic heterocycles. The largest absolute Gasteiger partial charge is 0.495 e. The van der Waals surface area contributed by atoms with Gasteiger partial charge in [-0.1, -0.05) is 43.2 Å². The van der Waals surface area contributed by atoms with Gasteiger partial charge in [0.25, 0.3) is 0 Å². The monoisotopic (exact) mass is 436 g/mol. The van der Waals surface area contributed by atoms with E-state index in [2.05, 4.69) is 31.4 Å². The highest BCUT2D eigenvalue weighted by Gasteiger charge is 2.34. The van der Waals surface area contributed by atoms with Gasteiger partial charge < -0.3 is 9.64 Å². The van der Waals surface area contributed by atoms with Gasteiger partial charge in [0.15, 0.2) is 5.82 Å². The molecule has 0 radical (unpaired) electrons. The lowest BCUT2D eigenvalue weighted by Gasteiger charge is -2.40. The summed E-state index contributed by atoms with van der Waals surface area (Å²) in [5, 5.41) is 12.8. The van der Waals surface area contributed by atoms with Gasteiger partial charge in [-0.3, -0.25) is 4.90 Å². The van der Waals surface area contributed by atoms with Gasteiger partial charge in [0, 0.05) is 31.7 Å². The Morgan fingerprint density at radius 2 is 1.69 bits per heavy atom. The summed E-state index contributed by atoms with van der Waals surface area (Å²) in [5.74, 6) is 1.40. The number of nitrogens with zero attached hydrogens (tertiary/aromatic N) is 6. The number of halogens is 1. The number of hydrogen-bond acceptors (Lipinski definition) is 6. The summed E-state index contributed by atoms with van der Waals surface area (Å²) >= 11 is 0. The van der Waals surface area contributed by atoms with Crippen molar-refractivity contribution in [1.82, 2.24) is 25.1 Å². The Morgan fingerprint density at radius 1 is 0.969 bits per heavy atom. The SMILES string of the molecule is COc1ccccc1N1CCN(C(c2ccccc2F)c2nnnn2C2CCCC2)CC1. The summed E-state index contributed by atoms with van der Waals surface area (Å²) in [6.45, 7) is 3.18. The molecule has 5 rings (SSSR count). The standard InChI is InChI=1S/C24H29FN6O/c1-32-22-13-7-6-12-21(22)29-14-16-30(17-15-29)23(19-10-4-5-11-20(19)25)24-26-27-28-31(24)18-8-2-3-9-18/h4-7,10-13,18,23H,2-3,8-9,14-17H2,1H3. The van der Waals surface area contributed by atoms with Gasteiger partial charge >= 0.3 is 0 Å². The van der Waals surface area contributed by atoms with Crippen LogP contribution in [-0.4, -0.2) is 58.4 Å². The fraction of sp³-hybridized carbons (Fsp3) is 0.458. The molecule has 1 aromatic heterocycles. The highest BCUT2D eigenvalue weighted by atomic mass is 19.1. The van der Waals surface area contributed by atoms with Crippen LogP contribution in [-0.2, 0) is 0 Å². The van der Waals surface area contributed by atoms with E-state index < -0.39 is 0 Å². The van der Waals surface area contributed by atoms with E-state index >= 15 is 4.39 Å². The number of piperazine rings is 1. The van der Waals surface area contributed by atoms with Gasteiger partial charge in [-0.15, -0.1) is 5.10 Å². The number of ether oxygens (including phenoxy) is 1. The summed E-state index contributed by atoms with van der Waals surface area (Å²) < 4.78 is 22.5. The van der Waals surface area contributed by atoms with Crippen LogP contribution in [0, 0.1) is 5.82 Å². The number of para-hydroxylation sites is 2. The van der Waals surface area contributed by atoms with Crippen molar-refractivity contribution in [2.45, 2.75) is 37.8 Å². The molecule has 1 saturated heterocycles. The first-order valence-corrected chi connectivity index (χ1v) is 11.4. The molecule has 0 spiro atoms. The van der Waals surface area contributed by atoms with E-state index in [1.807, 2.05) is 35.0 Å². The molecule has 32 heavy (non-hydrogen) atoms. The van der Waals surface area contributed by atoms with E-state index in [1.54, 1.807) is 13.2 Å². The van der Waals surface area contributed by atoms with Crippen LogP contribution in [0.15, 0.2) is 48.5 Å². The van der Waals surface area contributed by atoms with Crippen LogP contribution in [0.2, 0.25) is 0 Å². The molecule has 0 N–H and O–H groups in total. The van der Waals surface area contributed by atoms with Crippen LogP contribution in [0.5, 0.6) is 5.75 Å². The molecule has 3 aromatic rings. The summed E-state index contributed by atoms with van der Waals surface area (Å²) in [4.78, 5) is 4.63. The van der Waals surface area contributed by atoms with E-state index in [0.717, 1.165) is 56.3 Å². The lowest BCUT2D eigenvalue weighted by molar-refractivity contribution is 0.194. The Balaban J connectivity index is 1.44.